The van der Waals surface area contributed by atoms with E-state index in [1.807, 2.05) is 17.5 Å². The van der Waals surface area contributed by atoms with E-state index in [1.165, 1.54) is 24.0 Å². The molecule has 0 N–H and O–H groups in total. The van der Waals surface area contributed by atoms with Crippen LogP contribution in [-0.4, -0.2) is 30.3 Å². The molecule has 3 rings (SSSR count). The van der Waals surface area contributed by atoms with Crippen LogP contribution in [-0.2, 0) is 0 Å². The number of likely N-dealkylation sites (tertiary alicyclic amines) is 1. The second kappa shape index (κ2) is 6.06. The minimum absolute atomic E-state index is 0.0890. The maximum atomic E-state index is 12.7. The van der Waals surface area contributed by atoms with Gasteiger partial charge in [-0.05, 0) is 32.0 Å². The van der Waals surface area contributed by atoms with Crippen LogP contribution in [0.4, 0.5) is 0 Å². The molecule has 1 atom stereocenters. The van der Waals surface area contributed by atoms with Crippen LogP contribution in [0, 0.1) is 5.92 Å². The molecular formula is C17H21NOS. The van der Waals surface area contributed by atoms with E-state index in [0.29, 0.717) is 5.78 Å². The largest absolute Gasteiger partial charge is 0.303 e. The average molecular weight is 287 g/mol. The number of carbonyl (C=O) groups is 1. The Hall–Kier alpha value is -1.19. The van der Waals surface area contributed by atoms with Crippen LogP contribution in [0.25, 0.3) is 10.1 Å². The summed E-state index contributed by atoms with van der Waals surface area (Å²) in [7, 11) is 0. The molecule has 1 aromatic heterocycles. The summed E-state index contributed by atoms with van der Waals surface area (Å²) in [5.74, 6) is 0.388. The summed E-state index contributed by atoms with van der Waals surface area (Å²) in [6, 6.07) is 8.20. The molecule has 2 nitrogen and oxygen atoms in total. The van der Waals surface area contributed by atoms with Crippen molar-refractivity contribution >= 4 is 27.2 Å². The van der Waals surface area contributed by atoms with Gasteiger partial charge in [0, 0.05) is 33.5 Å². The molecule has 1 fully saturated rings. The molecule has 0 spiro atoms. The van der Waals surface area contributed by atoms with Gasteiger partial charge < -0.3 is 4.90 Å². The van der Waals surface area contributed by atoms with E-state index in [4.69, 9.17) is 0 Å². The van der Waals surface area contributed by atoms with Gasteiger partial charge in [0.25, 0.3) is 0 Å². The summed E-state index contributed by atoms with van der Waals surface area (Å²) in [6.07, 6.45) is 3.90. The average Bonchev–Trinajstić information content (AvgIpc) is 2.91. The summed E-state index contributed by atoms with van der Waals surface area (Å²) in [5.41, 5.74) is 0.912. The van der Waals surface area contributed by atoms with Gasteiger partial charge in [0.2, 0.25) is 0 Å². The smallest absolute Gasteiger partial charge is 0.168 e. The Morgan fingerprint density at radius 1 is 1.25 bits per heavy atom. The molecule has 2 heterocycles. The number of hydrogen-bond acceptors (Lipinski definition) is 3. The molecular weight excluding hydrogens is 266 g/mol. The summed E-state index contributed by atoms with van der Waals surface area (Å²) in [5, 5.41) is 3.15. The van der Waals surface area contributed by atoms with E-state index in [9.17, 15) is 4.79 Å². The molecule has 3 heteroatoms. The normalized spacial score (nSPS) is 18.2. The zero-order valence-corrected chi connectivity index (χ0v) is 12.8. The molecule has 0 amide bonds. The number of Topliss-reactive ketones (excluding diaryl/α,β-unsaturated/α-hetero) is 1. The number of ketones is 1. The highest BCUT2D eigenvalue weighted by Gasteiger charge is 2.22. The van der Waals surface area contributed by atoms with Gasteiger partial charge in [-0.3, -0.25) is 4.79 Å². The lowest BCUT2D eigenvalue weighted by Crippen LogP contribution is -2.35. The summed E-state index contributed by atoms with van der Waals surface area (Å²) < 4.78 is 1.21. The fourth-order valence-corrected chi connectivity index (χ4v) is 4.00. The zero-order valence-electron chi connectivity index (χ0n) is 12.0. The van der Waals surface area contributed by atoms with Crippen molar-refractivity contribution in [1.82, 2.24) is 4.90 Å². The number of fused-ring (bicyclic) bond motifs is 1. The van der Waals surface area contributed by atoms with Gasteiger partial charge in [-0.25, -0.2) is 0 Å². The van der Waals surface area contributed by atoms with Gasteiger partial charge in [0.1, 0.15) is 0 Å². The minimum atomic E-state index is 0.0890. The van der Waals surface area contributed by atoms with E-state index in [1.54, 1.807) is 11.3 Å². The van der Waals surface area contributed by atoms with Gasteiger partial charge in [-0.15, -0.1) is 11.3 Å². The number of piperidine rings is 1. The summed E-state index contributed by atoms with van der Waals surface area (Å²) in [6.45, 7) is 5.29. The van der Waals surface area contributed by atoms with Crippen molar-refractivity contribution in [3.63, 3.8) is 0 Å². The molecule has 20 heavy (non-hydrogen) atoms. The molecule has 1 unspecified atom stereocenters. The number of thiophene rings is 1. The maximum Gasteiger partial charge on any atom is 0.168 e. The van der Waals surface area contributed by atoms with Crippen LogP contribution in [0.3, 0.4) is 0 Å². The molecule has 0 bridgehead atoms. The lowest BCUT2D eigenvalue weighted by molar-refractivity contribution is 0.0885. The van der Waals surface area contributed by atoms with E-state index >= 15 is 0 Å². The molecule has 106 valence electrons. The first-order valence-corrected chi connectivity index (χ1v) is 8.36. The van der Waals surface area contributed by atoms with Crippen molar-refractivity contribution < 1.29 is 4.79 Å². The first kappa shape index (κ1) is 13.8. The highest BCUT2D eigenvalue weighted by molar-refractivity contribution is 7.17. The van der Waals surface area contributed by atoms with E-state index in [-0.39, 0.29) is 5.92 Å². The van der Waals surface area contributed by atoms with Crippen LogP contribution in [0.2, 0.25) is 0 Å². The molecule has 1 aromatic carbocycles. The van der Waals surface area contributed by atoms with Gasteiger partial charge >= 0.3 is 0 Å². The number of nitrogens with zero attached hydrogens (tertiary/aromatic N) is 1. The highest BCUT2D eigenvalue weighted by Crippen LogP contribution is 2.28. The van der Waals surface area contributed by atoms with E-state index in [2.05, 4.69) is 24.0 Å². The van der Waals surface area contributed by atoms with Crippen LogP contribution in [0.15, 0.2) is 29.6 Å². The van der Waals surface area contributed by atoms with Crippen LogP contribution in [0.1, 0.15) is 36.5 Å². The molecule has 0 radical (unpaired) electrons. The quantitative estimate of drug-likeness (QED) is 0.785. The lowest BCUT2D eigenvalue weighted by atomic mass is 9.97. The van der Waals surface area contributed by atoms with Crippen molar-refractivity contribution in [1.29, 1.82) is 0 Å². The van der Waals surface area contributed by atoms with Crippen LogP contribution >= 0.6 is 11.3 Å². The van der Waals surface area contributed by atoms with Crippen LogP contribution < -0.4 is 0 Å². The maximum absolute atomic E-state index is 12.7. The Morgan fingerprint density at radius 2 is 2.00 bits per heavy atom. The molecule has 1 saturated heterocycles. The second-order valence-corrected chi connectivity index (χ2v) is 6.68. The van der Waals surface area contributed by atoms with Crippen molar-refractivity contribution in [3.05, 3.63) is 35.2 Å². The monoisotopic (exact) mass is 287 g/mol. The van der Waals surface area contributed by atoms with Crippen molar-refractivity contribution in [3.8, 4) is 0 Å². The first-order chi connectivity index (χ1) is 9.75. The Bertz CT molecular complexity index is 598. The van der Waals surface area contributed by atoms with Gasteiger partial charge in [-0.2, -0.15) is 0 Å². The van der Waals surface area contributed by atoms with Gasteiger partial charge in [-0.1, -0.05) is 31.5 Å². The molecule has 1 aliphatic rings. The first-order valence-electron chi connectivity index (χ1n) is 7.48. The molecule has 0 aliphatic carbocycles. The summed E-state index contributed by atoms with van der Waals surface area (Å²) in [4.78, 5) is 15.1. The predicted molar refractivity (Wildman–Crippen MR) is 85.6 cm³/mol. The SMILES string of the molecule is CC(CN1CCCCC1)C(=O)c1csc2ccccc12. The third-order valence-corrected chi connectivity index (χ3v) is 5.14. The zero-order chi connectivity index (χ0) is 13.9. The van der Waals surface area contributed by atoms with Crippen molar-refractivity contribution in [2.24, 2.45) is 5.92 Å². The van der Waals surface area contributed by atoms with Gasteiger partial charge in [0.05, 0.1) is 0 Å². The fourth-order valence-electron chi connectivity index (χ4n) is 3.05. The van der Waals surface area contributed by atoms with Crippen molar-refractivity contribution in [2.45, 2.75) is 26.2 Å². The standard InChI is InChI=1S/C17H21NOS/c1-13(11-18-9-5-2-6-10-18)17(19)15-12-20-16-8-4-3-7-14(15)16/h3-4,7-8,12-13H,2,5-6,9-11H2,1H3. The number of hydrogen-bond donors (Lipinski definition) is 0. The summed E-state index contributed by atoms with van der Waals surface area (Å²) >= 11 is 1.67. The third-order valence-electron chi connectivity index (χ3n) is 4.17. The number of carbonyl (C=O) groups excluding carboxylic acids is 1. The minimum Gasteiger partial charge on any atom is -0.303 e. The topological polar surface area (TPSA) is 20.3 Å². The van der Waals surface area contributed by atoms with Crippen molar-refractivity contribution in [2.75, 3.05) is 19.6 Å². The number of rotatable bonds is 4. The number of benzene rings is 1. The highest BCUT2D eigenvalue weighted by atomic mass is 32.1. The Labute approximate surface area is 124 Å². The van der Waals surface area contributed by atoms with E-state index in [0.717, 1.165) is 30.6 Å². The second-order valence-electron chi connectivity index (χ2n) is 5.77. The Morgan fingerprint density at radius 3 is 2.80 bits per heavy atom. The predicted octanol–water partition coefficient (Wildman–Crippen LogP) is 4.21. The lowest BCUT2D eigenvalue weighted by Gasteiger charge is -2.28. The Kier molecular flexibility index (Phi) is 4.18. The van der Waals surface area contributed by atoms with Gasteiger partial charge in [0.15, 0.2) is 5.78 Å². The van der Waals surface area contributed by atoms with E-state index < -0.39 is 0 Å². The molecule has 2 aromatic rings. The molecule has 1 aliphatic heterocycles. The van der Waals surface area contributed by atoms with Crippen LogP contribution in [0.5, 0.6) is 0 Å². The molecule has 0 saturated carbocycles. The fraction of sp³-hybridized carbons (Fsp3) is 0.471. The third kappa shape index (κ3) is 2.79. The Balaban J connectivity index is 1.74.